The number of anilines is 2. The zero-order chi connectivity index (χ0) is 16.3. The van der Waals surface area contributed by atoms with Crippen LogP contribution in [0.4, 0.5) is 11.5 Å². The Balaban J connectivity index is 2.31. The van der Waals surface area contributed by atoms with E-state index in [0.717, 1.165) is 11.1 Å². The lowest BCUT2D eigenvalue weighted by atomic mass is 10.1. The maximum absolute atomic E-state index is 12.5. The molecule has 2 aromatic rings. The highest BCUT2D eigenvalue weighted by atomic mass is 16.5. The monoisotopic (exact) mass is 300 g/mol. The van der Waals surface area contributed by atoms with E-state index in [1.165, 1.54) is 7.11 Å². The SMILES string of the molecule is COc1ncc(NC(=O)c2ccc(C)cc2C)c(N(C)C)n1. The maximum Gasteiger partial charge on any atom is 0.318 e. The van der Waals surface area contributed by atoms with Crippen molar-refractivity contribution in [3.05, 3.63) is 41.1 Å². The van der Waals surface area contributed by atoms with E-state index in [1.54, 1.807) is 11.1 Å². The largest absolute Gasteiger partial charge is 0.467 e. The van der Waals surface area contributed by atoms with Gasteiger partial charge in [0, 0.05) is 19.7 Å². The molecule has 0 radical (unpaired) electrons. The topological polar surface area (TPSA) is 67.3 Å². The minimum Gasteiger partial charge on any atom is -0.467 e. The molecule has 1 heterocycles. The molecule has 0 fully saturated rings. The normalized spacial score (nSPS) is 10.2. The van der Waals surface area contributed by atoms with Crippen LogP contribution >= 0.6 is 0 Å². The van der Waals surface area contributed by atoms with Crippen molar-refractivity contribution in [2.45, 2.75) is 13.8 Å². The van der Waals surface area contributed by atoms with Gasteiger partial charge in [0.2, 0.25) is 0 Å². The Morgan fingerprint density at radius 2 is 2.00 bits per heavy atom. The average molecular weight is 300 g/mol. The molecule has 0 saturated heterocycles. The number of hydrogen-bond acceptors (Lipinski definition) is 5. The summed E-state index contributed by atoms with van der Waals surface area (Å²) in [6.45, 7) is 3.91. The molecule has 0 spiro atoms. The Morgan fingerprint density at radius 3 is 2.59 bits per heavy atom. The fourth-order valence-corrected chi connectivity index (χ4v) is 2.14. The van der Waals surface area contributed by atoms with Crippen LogP contribution in [0.25, 0.3) is 0 Å². The molecule has 1 aromatic heterocycles. The fraction of sp³-hybridized carbons (Fsp3) is 0.312. The highest BCUT2D eigenvalue weighted by Crippen LogP contribution is 2.24. The summed E-state index contributed by atoms with van der Waals surface area (Å²) in [6, 6.07) is 5.97. The quantitative estimate of drug-likeness (QED) is 0.939. The van der Waals surface area contributed by atoms with Gasteiger partial charge < -0.3 is 15.0 Å². The molecule has 1 amide bonds. The zero-order valence-corrected chi connectivity index (χ0v) is 13.5. The predicted octanol–water partition coefficient (Wildman–Crippen LogP) is 2.42. The molecule has 0 saturated carbocycles. The number of nitrogens with zero attached hydrogens (tertiary/aromatic N) is 3. The van der Waals surface area contributed by atoms with Crippen molar-refractivity contribution in [1.29, 1.82) is 0 Å². The fourth-order valence-electron chi connectivity index (χ4n) is 2.14. The van der Waals surface area contributed by atoms with E-state index in [0.29, 0.717) is 17.1 Å². The molecule has 1 aromatic carbocycles. The molecule has 0 atom stereocenters. The van der Waals surface area contributed by atoms with Crippen molar-refractivity contribution < 1.29 is 9.53 Å². The Hall–Kier alpha value is -2.63. The lowest BCUT2D eigenvalue weighted by molar-refractivity contribution is 0.102. The summed E-state index contributed by atoms with van der Waals surface area (Å²) in [5.74, 6) is 0.402. The number of carbonyl (C=O) groups is 1. The molecule has 22 heavy (non-hydrogen) atoms. The maximum atomic E-state index is 12.5. The van der Waals surface area contributed by atoms with Crippen molar-refractivity contribution in [2.24, 2.45) is 0 Å². The molecule has 0 aliphatic rings. The van der Waals surface area contributed by atoms with Crippen molar-refractivity contribution in [1.82, 2.24) is 9.97 Å². The number of methoxy groups -OCH3 is 1. The van der Waals surface area contributed by atoms with Gasteiger partial charge in [-0.05, 0) is 25.5 Å². The second-order valence-corrected chi connectivity index (χ2v) is 5.26. The molecule has 0 bridgehead atoms. The Kier molecular flexibility index (Phi) is 4.60. The summed E-state index contributed by atoms with van der Waals surface area (Å²) in [4.78, 5) is 22.6. The second-order valence-electron chi connectivity index (χ2n) is 5.26. The van der Waals surface area contributed by atoms with Crippen molar-refractivity contribution in [3.63, 3.8) is 0 Å². The van der Waals surface area contributed by atoms with E-state index in [-0.39, 0.29) is 11.9 Å². The van der Waals surface area contributed by atoms with E-state index >= 15 is 0 Å². The molecule has 0 unspecified atom stereocenters. The van der Waals surface area contributed by atoms with Gasteiger partial charge in [0.1, 0.15) is 5.69 Å². The molecule has 0 aliphatic carbocycles. The summed E-state index contributed by atoms with van der Waals surface area (Å²) in [7, 11) is 5.19. The van der Waals surface area contributed by atoms with Crippen LogP contribution in [-0.4, -0.2) is 37.1 Å². The second kappa shape index (κ2) is 6.43. The molecule has 116 valence electrons. The minimum absolute atomic E-state index is 0.186. The van der Waals surface area contributed by atoms with Crippen LogP contribution in [0.3, 0.4) is 0 Å². The van der Waals surface area contributed by atoms with Gasteiger partial charge >= 0.3 is 6.01 Å². The number of hydrogen-bond donors (Lipinski definition) is 1. The number of ether oxygens (including phenoxy) is 1. The van der Waals surface area contributed by atoms with Gasteiger partial charge in [-0.2, -0.15) is 4.98 Å². The Labute approximate surface area is 130 Å². The summed E-state index contributed by atoms with van der Waals surface area (Å²) >= 11 is 0. The molecule has 2 rings (SSSR count). The van der Waals surface area contributed by atoms with Gasteiger partial charge in [-0.15, -0.1) is 0 Å². The smallest absolute Gasteiger partial charge is 0.318 e. The summed E-state index contributed by atoms with van der Waals surface area (Å²) in [5, 5.41) is 2.86. The van der Waals surface area contributed by atoms with E-state index in [1.807, 2.05) is 46.1 Å². The van der Waals surface area contributed by atoms with Crippen LogP contribution < -0.4 is 15.0 Å². The first-order valence-electron chi connectivity index (χ1n) is 6.89. The summed E-state index contributed by atoms with van der Waals surface area (Å²) in [6.07, 6.45) is 1.54. The molecular weight excluding hydrogens is 280 g/mol. The first-order chi connectivity index (χ1) is 10.4. The van der Waals surface area contributed by atoms with Crippen LogP contribution in [0.15, 0.2) is 24.4 Å². The van der Waals surface area contributed by atoms with Gasteiger partial charge in [-0.3, -0.25) is 4.79 Å². The first kappa shape index (κ1) is 15.8. The number of amides is 1. The van der Waals surface area contributed by atoms with Gasteiger partial charge in [0.25, 0.3) is 5.91 Å². The van der Waals surface area contributed by atoms with Crippen molar-refractivity contribution in [2.75, 3.05) is 31.4 Å². The third kappa shape index (κ3) is 3.33. The third-order valence-electron chi connectivity index (χ3n) is 3.23. The Bertz CT molecular complexity index is 699. The number of benzene rings is 1. The molecular formula is C16H20N4O2. The molecule has 0 aliphatic heterocycles. The molecule has 6 nitrogen and oxygen atoms in total. The van der Waals surface area contributed by atoms with Crippen LogP contribution in [0, 0.1) is 13.8 Å². The van der Waals surface area contributed by atoms with E-state index in [9.17, 15) is 4.79 Å². The number of nitrogens with one attached hydrogen (secondary N) is 1. The average Bonchev–Trinajstić information content (AvgIpc) is 2.47. The number of aryl methyl sites for hydroxylation is 2. The van der Waals surface area contributed by atoms with E-state index < -0.39 is 0 Å². The van der Waals surface area contributed by atoms with Crippen LogP contribution in [0.1, 0.15) is 21.5 Å². The Morgan fingerprint density at radius 1 is 1.27 bits per heavy atom. The summed E-state index contributed by atoms with van der Waals surface area (Å²) in [5.41, 5.74) is 3.22. The van der Waals surface area contributed by atoms with Crippen LogP contribution in [0.5, 0.6) is 6.01 Å². The van der Waals surface area contributed by atoms with E-state index in [4.69, 9.17) is 4.74 Å². The van der Waals surface area contributed by atoms with Crippen LogP contribution in [0.2, 0.25) is 0 Å². The van der Waals surface area contributed by atoms with E-state index in [2.05, 4.69) is 15.3 Å². The first-order valence-corrected chi connectivity index (χ1v) is 6.89. The minimum atomic E-state index is -0.186. The lowest BCUT2D eigenvalue weighted by Crippen LogP contribution is -2.19. The predicted molar refractivity (Wildman–Crippen MR) is 86.8 cm³/mol. The van der Waals surface area contributed by atoms with Gasteiger partial charge in [-0.1, -0.05) is 17.7 Å². The zero-order valence-electron chi connectivity index (χ0n) is 13.5. The van der Waals surface area contributed by atoms with Gasteiger partial charge in [0.05, 0.1) is 13.3 Å². The van der Waals surface area contributed by atoms with Gasteiger partial charge in [-0.25, -0.2) is 4.98 Å². The standard InChI is InChI=1S/C16H20N4O2/c1-10-6-7-12(11(2)8-10)15(21)18-13-9-17-16(22-5)19-14(13)20(3)4/h6-9H,1-5H3,(H,18,21). The summed E-state index contributed by atoms with van der Waals surface area (Å²) < 4.78 is 5.02. The third-order valence-corrected chi connectivity index (χ3v) is 3.23. The number of carbonyl (C=O) groups excluding carboxylic acids is 1. The molecule has 1 N–H and O–H groups in total. The highest BCUT2D eigenvalue weighted by Gasteiger charge is 2.15. The van der Waals surface area contributed by atoms with Crippen molar-refractivity contribution >= 4 is 17.4 Å². The highest BCUT2D eigenvalue weighted by molar-refractivity contribution is 6.06. The number of rotatable bonds is 4. The van der Waals surface area contributed by atoms with Gasteiger partial charge in [0.15, 0.2) is 5.82 Å². The van der Waals surface area contributed by atoms with Crippen molar-refractivity contribution in [3.8, 4) is 6.01 Å². The van der Waals surface area contributed by atoms with Crippen LogP contribution in [-0.2, 0) is 0 Å². The molecule has 6 heteroatoms. The number of aromatic nitrogens is 2. The lowest BCUT2D eigenvalue weighted by Gasteiger charge is -2.17.